The van der Waals surface area contributed by atoms with Gasteiger partial charge in [-0.2, -0.15) is 0 Å². The van der Waals surface area contributed by atoms with Crippen LogP contribution in [-0.2, 0) is 9.59 Å². The summed E-state index contributed by atoms with van der Waals surface area (Å²) in [5, 5.41) is 5.07. The van der Waals surface area contributed by atoms with Crippen LogP contribution >= 0.6 is 11.6 Å². The fraction of sp³-hybridized carbons (Fsp3) is 0.364. The molecule has 3 saturated heterocycles. The molecule has 5 rings (SSSR count). The molecule has 28 heavy (non-hydrogen) atoms. The predicted molar refractivity (Wildman–Crippen MR) is 108 cm³/mol. The van der Waals surface area contributed by atoms with Crippen LogP contribution in [0.15, 0.2) is 48.5 Å². The van der Waals surface area contributed by atoms with Gasteiger partial charge in [-0.3, -0.25) is 9.59 Å². The highest BCUT2D eigenvalue weighted by atomic mass is 35.5. The number of hydrogen-bond acceptors (Lipinski definition) is 4. The molecule has 2 aromatic rings. The van der Waals surface area contributed by atoms with E-state index in [1.54, 1.807) is 24.3 Å². The molecule has 2 amide bonds. The Morgan fingerprint density at radius 3 is 2.43 bits per heavy atom. The number of aryl methyl sites for hydroxylation is 1. The summed E-state index contributed by atoms with van der Waals surface area (Å²) in [6.07, 6.45) is 1.88. The van der Waals surface area contributed by atoms with E-state index >= 15 is 0 Å². The van der Waals surface area contributed by atoms with Crippen molar-refractivity contribution >= 4 is 29.1 Å². The summed E-state index contributed by atoms with van der Waals surface area (Å²) in [7, 11) is 0. The maximum atomic E-state index is 13.6. The van der Waals surface area contributed by atoms with Crippen molar-refractivity contribution in [3.8, 4) is 0 Å². The molecule has 2 aromatic carbocycles. The minimum Gasteiger partial charge on any atom is -0.274 e. The van der Waals surface area contributed by atoms with E-state index < -0.39 is 5.54 Å². The molecule has 3 heterocycles. The van der Waals surface area contributed by atoms with Crippen LogP contribution in [0, 0.1) is 6.92 Å². The van der Waals surface area contributed by atoms with Crippen LogP contribution in [0.3, 0.4) is 0 Å². The second kappa shape index (κ2) is 6.41. The van der Waals surface area contributed by atoms with E-state index in [0.29, 0.717) is 17.1 Å². The summed E-state index contributed by atoms with van der Waals surface area (Å²) < 4.78 is 0. The first kappa shape index (κ1) is 17.9. The van der Waals surface area contributed by atoms with Crippen molar-refractivity contribution in [1.29, 1.82) is 0 Å². The molecule has 0 aliphatic carbocycles. The highest BCUT2D eigenvalue weighted by molar-refractivity contribution is 6.31. The summed E-state index contributed by atoms with van der Waals surface area (Å²) in [5.41, 5.74) is 2.25. The fourth-order valence-electron chi connectivity index (χ4n) is 4.96. The zero-order chi connectivity index (χ0) is 19.5. The van der Waals surface area contributed by atoms with Gasteiger partial charge < -0.3 is 0 Å². The second-order valence-corrected chi connectivity index (χ2v) is 8.43. The van der Waals surface area contributed by atoms with Crippen LogP contribution in [0.4, 0.5) is 5.69 Å². The third-order valence-electron chi connectivity index (χ3n) is 6.29. The van der Waals surface area contributed by atoms with Crippen molar-refractivity contribution < 1.29 is 9.59 Å². The van der Waals surface area contributed by atoms with Gasteiger partial charge in [0.15, 0.2) is 0 Å². The van der Waals surface area contributed by atoms with Gasteiger partial charge in [0.05, 0.1) is 18.2 Å². The first-order chi connectivity index (χ1) is 13.5. The quantitative estimate of drug-likeness (QED) is 0.727. The number of anilines is 1. The number of benzene rings is 2. The number of hydrogen-bond donors (Lipinski definition) is 0. The highest BCUT2D eigenvalue weighted by Crippen LogP contribution is 2.50. The van der Waals surface area contributed by atoms with Crippen LogP contribution in [0.2, 0.25) is 5.02 Å². The fourth-order valence-corrected chi connectivity index (χ4v) is 5.09. The van der Waals surface area contributed by atoms with Crippen LogP contribution in [-0.4, -0.2) is 40.5 Å². The zero-order valence-corrected chi connectivity index (χ0v) is 16.5. The maximum absolute atomic E-state index is 13.6. The number of amides is 2. The number of carbonyl (C=O) groups excluding carboxylic acids is 2. The Morgan fingerprint density at radius 2 is 1.71 bits per heavy atom. The van der Waals surface area contributed by atoms with E-state index in [4.69, 9.17) is 11.6 Å². The molecule has 5 nitrogen and oxygen atoms in total. The third kappa shape index (κ3) is 2.54. The molecule has 3 fully saturated rings. The molecule has 6 heteroatoms. The van der Waals surface area contributed by atoms with Gasteiger partial charge in [0, 0.05) is 18.1 Å². The largest absolute Gasteiger partial charge is 0.274 e. The van der Waals surface area contributed by atoms with Gasteiger partial charge in [-0.15, -0.1) is 0 Å². The molecule has 0 unspecified atom stereocenters. The van der Waals surface area contributed by atoms with Gasteiger partial charge in [-0.05, 0) is 49.6 Å². The van der Waals surface area contributed by atoms with Gasteiger partial charge in [0.2, 0.25) is 5.91 Å². The van der Waals surface area contributed by atoms with E-state index in [2.05, 4.69) is 41.2 Å². The van der Waals surface area contributed by atoms with E-state index in [9.17, 15) is 9.59 Å². The van der Waals surface area contributed by atoms with Crippen LogP contribution in [0.1, 0.15) is 36.4 Å². The van der Waals surface area contributed by atoms with E-state index in [-0.39, 0.29) is 24.3 Å². The van der Waals surface area contributed by atoms with Crippen LogP contribution in [0.25, 0.3) is 0 Å². The smallest absolute Gasteiger partial charge is 0.256 e. The lowest BCUT2D eigenvalue weighted by Gasteiger charge is -2.32. The lowest BCUT2D eigenvalue weighted by molar-refractivity contribution is -0.131. The van der Waals surface area contributed by atoms with Crippen molar-refractivity contribution in [2.24, 2.45) is 0 Å². The minimum atomic E-state index is -0.775. The topological polar surface area (TPSA) is 43.9 Å². The highest BCUT2D eigenvalue weighted by Gasteiger charge is 2.63. The van der Waals surface area contributed by atoms with Crippen LogP contribution < -0.4 is 4.90 Å². The number of carbonyl (C=O) groups is 2. The Morgan fingerprint density at radius 1 is 1.00 bits per heavy atom. The summed E-state index contributed by atoms with van der Waals surface area (Å²) in [6, 6.07) is 15.6. The van der Waals surface area contributed by atoms with Crippen molar-refractivity contribution in [2.45, 2.75) is 37.8 Å². The third-order valence-corrected chi connectivity index (χ3v) is 6.55. The Balaban J connectivity index is 1.52. The van der Waals surface area contributed by atoms with E-state index in [1.165, 1.54) is 16.0 Å². The number of hydrazine groups is 1. The summed E-state index contributed by atoms with van der Waals surface area (Å²) in [4.78, 5) is 27.9. The minimum absolute atomic E-state index is 0.110. The molecule has 0 saturated carbocycles. The Hall–Kier alpha value is -2.21. The molecule has 0 aromatic heterocycles. The van der Waals surface area contributed by atoms with Crippen molar-refractivity contribution in [1.82, 2.24) is 10.0 Å². The SMILES string of the molecule is Cc1ccc([C@@H]2C[C@]3(CC(=O)N(c4ccc(Cl)cc4)C3=O)N3CCCN23)cc1. The summed E-state index contributed by atoms with van der Waals surface area (Å²) >= 11 is 5.98. The average Bonchev–Trinajstić information content (AvgIpc) is 3.33. The lowest BCUT2D eigenvalue weighted by Crippen LogP contribution is -2.52. The molecule has 3 aliphatic rings. The second-order valence-electron chi connectivity index (χ2n) is 7.99. The molecule has 144 valence electrons. The van der Waals surface area contributed by atoms with E-state index in [1.807, 2.05) is 0 Å². The average molecular weight is 396 g/mol. The standard InChI is InChI=1S/C22H22ClN3O2/c1-15-3-5-16(6-4-15)19-13-22(25-12-2-11-24(19)25)14-20(27)26(21(22)28)18-9-7-17(23)8-10-18/h3-10,19H,2,11-14H2,1H3/t19-,22+/m0/s1. The number of halogens is 1. The molecule has 0 bridgehead atoms. The van der Waals surface area contributed by atoms with Gasteiger partial charge in [-0.1, -0.05) is 41.4 Å². The molecule has 2 atom stereocenters. The molecule has 0 radical (unpaired) electrons. The number of rotatable bonds is 2. The molecular formula is C22H22ClN3O2. The first-order valence-corrected chi connectivity index (χ1v) is 10.1. The van der Waals surface area contributed by atoms with Crippen LogP contribution in [0.5, 0.6) is 0 Å². The number of fused-ring (bicyclic) bond motifs is 2. The molecule has 0 N–H and O–H groups in total. The zero-order valence-electron chi connectivity index (χ0n) is 15.8. The van der Waals surface area contributed by atoms with Crippen molar-refractivity contribution in [3.63, 3.8) is 0 Å². The van der Waals surface area contributed by atoms with Gasteiger partial charge >= 0.3 is 0 Å². The molecule has 3 aliphatic heterocycles. The molecular weight excluding hydrogens is 374 g/mol. The lowest BCUT2D eigenvalue weighted by atomic mass is 9.87. The van der Waals surface area contributed by atoms with Gasteiger partial charge in [0.25, 0.3) is 5.91 Å². The Kier molecular flexibility index (Phi) is 4.09. The number of nitrogens with zero attached hydrogens (tertiary/aromatic N) is 3. The van der Waals surface area contributed by atoms with Gasteiger partial charge in [-0.25, -0.2) is 14.9 Å². The van der Waals surface area contributed by atoms with Crippen molar-refractivity contribution in [3.05, 3.63) is 64.7 Å². The van der Waals surface area contributed by atoms with E-state index in [0.717, 1.165) is 19.5 Å². The maximum Gasteiger partial charge on any atom is 0.256 e. The summed E-state index contributed by atoms with van der Waals surface area (Å²) in [5.74, 6) is -0.245. The molecule has 1 spiro atoms. The van der Waals surface area contributed by atoms with Gasteiger partial charge in [0.1, 0.15) is 5.54 Å². The monoisotopic (exact) mass is 395 g/mol. The van der Waals surface area contributed by atoms with Crippen molar-refractivity contribution in [2.75, 3.05) is 18.0 Å². The summed E-state index contributed by atoms with van der Waals surface area (Å²) in [6.45, 7) is 3.81. The number of imide groups is 1. The first-order valence-electron chi connectivity index (χ1n) is 9.73. The Labute approximate surface area is 169 Å². The normalized spacial score (nSPS) is 27.9. The predicted octanol–water partition coefficient (Wildman–Crippen LogP) is 3.72. The Bertz CT molecular complexity index is 943.